The van der Waals surface area contributed by atoms with Gasteiger partial charge in [0, 0.05) is 5.54 Å². The van der Waals surface area contributed by atoms with Crippen LogP contribution in [0.5, 0.6) is 0 Å². The van der Waals surface area contributed by atoms with E-state index in [0.29, 0.717) is 0 Å². The number of nitrogens with zero attached hydrogens (tertiary/aromatic N) is 1. The van der Waals surface area contributed by atoms with Gasteiger partial charge in [0.25, 0.3) is 0 Å². The van der Waals surface area contributed by atoms with E-state index in [0.717, 1.165) is 19.4 Å². The van der Waals surface area contributed by atoms with Crippen LogP contribution >= 0.6 is 0 Å². The van der Waals surface area contributed by atoms with Crippen molar-refractivity contribution in [2.45, 2.75) is 70.8 Å². The lowest BCUT2D eigenvalue weighted by Crippen LogP contribution is -2.46. The second-order valence-electron chi connectivity index (χ2n) is 6.36. The van der Waals surface area contributed by atoms with Gasteiger partial charge in [-0.25, -0.2) is 0 Å². The molecule has 0 aromatic heterocycles. The standard InChI is InChI=1S/C16H34N2O/c1-3-11-17-16(2,15-19)10-6-9-14-18-12-7-4-5-8-13-18/h17,19H,3-15H2,1-2H3. The zero-order chi connectivity index (χ0) is 14.0. The minimum Gasteiger partial charge on any atom is -0.394 e. The first kappa shape index (κ1) is 16.9. The fraction of sp³-hybridized carbons (Fsp3) is 1.00. The van der Waals surface area contributed by atoms with E-state index in [2.05, 4.69) is 24.1 Å². The van der Waals surface area contributed by atoms with Gasteiger partial charge in [-0.2, -0.15) is 0 Å². The Bertz CT molecular complexity index is 215. The summed E-state index contributed by atoms with van der Waals surface area (Å²) in [4.78, 5) is 2.63. The van der Waals surface area contributed by atoms with Gasteiger partial charge in [0.15, 0.2) is 0 Å². The van der Waals surface area contributed by atoms with Crippen molar-refractivity contribution in [2.24, 2.45) is 0 Å². The van der Waals surface area contributed by atoms with Crippen LogP contribution in [0.15, 0.2) is 0 Å². The predicted molar refractivity (Wildman–Crippen MR) is 82.5 cm³/mol. The van der Waals surface area contributed by atoms with Crippen LogP contribution in [0.2, 0.25) is 0 Å². The molecule has 3 heteroatoms. The van der Waals surface area contributed by atoms with Crippen molar-refractivity contribution >= 4 is 0 Å². The minimum atomic E-state index is -0.0746. The summed E-state index contributed by atoms with van der Waals surface area (Å²) >= 11 is 0. The third-order valence-electron chi connectivity index (χ3n) is 4.30. The Morgan fingerprint density at radius 3 is 2.37 bits per heavy atom. The smallest absolute Gasteiger partial charge is 0.0610 e. The van der Waals surface area contributed by atoms with E-state index in [-0.39, 0.29) is 12.1 Å². The van der Waals surface area contributed by atoms with Gasteiger partial charge < -0.3 is 15.3 Å². The van der Waals surface area contributed by atoms with Crippen molar-refractivity contribution in [2.75, 3.05) is 32.8 Å². The van der Waals surface area contributed by atoms with E-state index in [1.165, 1.54) is 58.2 Å². The Morgan fingerprint density at radius 2 is 1.79 bits per heavy atom. The number of aliphatic hydroxyl groups excluding tert-OH is 1. The van der Waals surface area contributed by atoms with E-state index >= 15 is 0 Å². The van der Waals surface area contributed by atoms with E-state index in [4.69, 9.17) is 0 Å². The molecule has 1 rings (SSSR count). The van der Waals surface area contributed by atoms with E-state index in [9.17, 15) is 5.11 Å². The van der Waals surface area contributed by atoms with Gasteiger partial charge in [-0.05, 0) is 65.2 Å². The number of hydrogen-bond acceptors (Lipinski definition) is 3. The van der Waals surface area contributed by atoms with Crippen molar-refractivity contribution in [1.29, 1.82) is 0 Å². The highest BCUT2D eigenvalue weighted by molar-refractivity contribution is 4.82. The number of aliphatic hydroxyl groups is 1. The summed E-state index contributed by atoms with van der Waals surface area (Å²) in [6, 6.07) is 0. The summed E-state index contributed by atoms with van der Waals surface area (Å²) in [6.45, 7) is 9.41. The molecule has 0 saturated carbocycles. The van der Waals surface area contributed by atoms with Crippen LogP contribution in [0.25, 0.3) is 0 Å². The molecule has 1 saturated heterocycles. The first-order valence-corrected chi connectivity index (χ1v) is 8.28. The highest BCUT2D eigenvalue weighted by Gasteiger charge is 2.21. The molecule has 114 valence electrons. The summed E-state index contributed by atoms with van der Waals surface area (Å²) in [6.07, 6.45) is 10.3. The maximum atomic E-state index is 9.52. The molecule has 3 nitrogen and oxygen atoms in total. The van der Waals surface area contributed by atoms with Gasteiger partial charge in [0.05, 0.1) is 6.61 Å². The molecular weight excluding hydrogens is 236 g/mol. The zero-order valence-electron chi connectivity index (χ0n) is 13.1. The summed E-state index contributed by atoms with van der Waals surface area (Å²) in [5.74, 6) is 0. The van der Waals surface area contributed by atoms with Crippen LogP contribution in [0.4, 0.5) is 0 Å². The van der Waals surface area contributed by atoms with Crippen LogP contribution < -0.4 is 5.32 Å². The van der Waals surface area contributed by atoms with E-state index in [1.807, 2.05) is 0 Å². The first-order valence-electron chi connectivity index (χ1n) is 8.28. The molecule has 1 heterocycles. The van der Waals surface area contributed by atoms with Gasteiger partial charge in [-0.1, -0.05) is 26.2 Å². The summed E-state index contributed by atoms with van der Waals surface area (Å²) in [5, 5.41) is 13.0. The number of hydrogen-bond donors (Lipinski definition) is 2. The highest BCUT2D eigenvalue weighted by atomic mass is 16.3. The van der Waals surface area contributed by atoms with Crippen molar-refractivity contribution in [3.63, 3.8) is 0 Å². The van der Waals surface area contributed by atoms with E-state index in [1.54, 1.807) is 0 Å². The molecule has 2 N–H and O–H groups in total. The van der Waals surface area contributed by atoms with Gasteiger partial charge in [0.1, 0.15) is 0 Å². The van der Waals surface area contributed by atoms with Gasteiger partial charge in [-0.15, -0.1) is 0 Å². The lowest BCUT2D eigenvalue weighted by molar-refractivity contribution is 0.161. The Kier molecular flexibility index (Phi) is 8.67. The molecule has 1 aliphatic heterocycles. The van der Waals surface area contributed by atoms with Crippen LogP contribution in [0.3, 0.4) is 0 Å². The van der Waals surface area contributed by atoms with Crippen LogP contribution in [0, 0.1) is 0 Å². The summed E-state index contributed by atoms with van der Waals surface area (Å²) in [5.41, 5.74) is -0.0746. The monoisotopic (exact) mass is 270 g/mol. The van der Waals surface area contributed by atoms with Gasteiger partial charge >= 0.3 is 0 Å². The first-order chi connectivity index (χ1) is 9.20. The molecule has 1 fully saturated rings. The van der Waals surface area contributed by atoms with Crippen molar-refractivity contribution in [3.8, 4) is 0 Å². The van der Waals surface area contributed by atoms with E-state index < -0.39 is 0 Å². The van der Waals surface area contributed by atoms with Crippen LogP contribution in [-0.4, -0.2) is 48.3 Å². The molecule has 0 spiro atoms. The maximum Gasteiger partial charge on any atom is 0.0610 e. The number of rotatable bonds is 9. The van der Waals surface area contributed by atoms with Gasteiger partial charge in [0.2, 0.25) is 0 Å². The topological polar surface area (TPSA) is 35.5 Å². The quantitative estimate of drug-likeness (QED) is 0.632. The molecule has 0 aliphatic carbocycles. The van der Waals surface area contributed by atoms with Gasteiger partial charge in [-0.3, -0.25) is 0 Å². The largest absolute Gasteiger partial charge is 0.394 e. The Balaban J connectivity index is 2.13. The Morgan fingerprint density at radius 1 is 1.11 bits per heavy atom. The van der Waals surface area contributed by atoms with Crippen molar-refractivity contribution < 1.29 is 5.11 Å². The molecule has 19 heavy (non-hydrogen) atoms. The normalized spacial score (nSPS) is 21.0. The zero-order valence-corrected chi connectivity index (χ0v) is 13.1. The third kappa shape index (κ3) is 7.28. The Hall–Kier alpha value is -0.120. The molecule has 0 radical (unpaired) electrons. The van der Waals surface area contributed by atoms with Crippen LogP contribution in [0.1, 0.15) is 65.2 Å². The molecule has 0 aromatic rings. The summed E-state index contributed by atoms with van der Waals surface area (Å²) in [7, 11) is 0. The molecule has 0 aromatic carbocycles. The van der Waals surface area contributed by atoms with Crippen molar-refractivity contribution in [3.05, 3.63) is 0 Å². The number of unbranched alkanes of at least 4 members (excludes halogenated alkanes) is 1. The van der Waals surface area contributed by atoms with Crippen molar-refractivity contribution in [1.82, 2.24) is 10.2 Å². The lowest BCUT2D eigenvalue weighted by Gasteiger charge is -2.29. The average molecular weight is 270 g/mol. The molecular formula is C16H34N2O. The molecule has 1 atom stereocenters. The second kappa shape index (κ2) is 9.73. The molecule has 0 bridgehead atoms. The minimum absolute atomic E-state index is 0.0746. The Labute approximate surface area is 119 Å². The molecule has 1 unspecified atom stereocenters. The number of nitrogens with one attached hydrogen (secondary N) is 1. The SMILES string of the molecule is CCCNC(C)(CO)CCCCN1CCCCCC1. The maximum absolute atomic E-state index is 9.52. The fourth-order valence-corrected chi connectivity index (χ4v) is 2.86. The molecule has 1 aliphatic rings. The third-order valence-corrected chi connectivity index (χ3v) is 4.30. The predicted octanol–water partition coefficient (Wildman–Crippen LogP) is 2.78. The molecule has 0 amide bonds. The van der Waals surface area contributed by atoms with Crippen LogP contribution in [-0.2, 0) is 0 Å². The summed E-state index contributed by atoms with van der Waals surface area (Å²) < 4.78 is 0. The average Bonchev–Trinajstić information content (AvgIpc) is 2.70. The lowest BCUT2D eigenvalue weighted by atomic mass is 9.95. The second-order valence-corrected chi connectivity index (χ2v) is 6.36. The highest BCUT2D eigenvalue weighted by Crippen LogP contribution is 2.15. The number of likely N-dealkylation sites (tertiary alicyclic amines) is 1. The fourth-order valence-electron chi connectivity index (χ4n) is 2.86.